The van der Waals surface area contributed by atoms with Crippen molar-refractivity contribution in [2.75, 3.05) is 0 Å². The Morgan fingerprint density at radius 2 is 1.87 bits per heavy atom. The van der Waals surface area contributed by atoms with Gasteiger partial charge in [-0.25, -0.2) is 0 Å². The van der Waals surface area contributed by atoms with Crippen LogP contribution in [0.3, 0.4) is 0 Å². The minimum atomic E-state index is -0.980. The Bertz CT molecular complexity index is 330. The molecule has 3 heteroatoms. The highest BCUT2D eigenvalue weighted by molar-refractivity contribution is 5.67. The molecule has 2 N–H and O–H groups in total. The third-order valence-electron chi connectivity index (χ3n) is 2.72. The number of benzene rings is 1. The van der Waals surface area contributed by atoms with Gasteiger partial charge in [-0.1, -0.05) is 44.2 Å². The summed E-state index contributed by atoms with van der Waals surface area (Å²) in [5.41, 5.74) is 0.401. The van der Waals surface area contributed by atoms with Crippen molar-refractivity contribution in [1.82, 2.24) is 0 Å². The van der Waals surface area contributed by atoms with Crippen LogP contribution < -0.4 is 0 Å². The fourth-order valence-corrected chi connectivity index (χ4v) is 1.48. The molecule has 0 aliphatic heterocycles. The molecule has 0 radical (unpaired) electrons. The van der Waals surface area contributed by atoms with E-state index in [1.807, 2.05) is 44.2 Å². The van der Waals surface area contributed by atoms with Gasteiger partial charge in [-0.3, -0.25) is 4.79 Å². The fraction of sp³-hybridized carbons (Fsp3) is 0.417. The van der Waals surface area contributed by atoms with Crippen molar-refractivity contribution in [3.8, 4) is 0 Å². The van der Waals surface area contributed by atoms with E-state index in [1.54, 1.807) is 0 Å². The topological polar surface area (TPSA) is 57.5 Å². The third kappa shape index (κ3) is 2.80. The lowest BCUT2D eigenvalue weighted by molar-refractivity contribution is -0.140. The highest BCUT2D eigenvalue weighted by Gasteiger charge is 2.31. The highest BCUT2D eigenvalue weighted by atomic mass is 16.4. The summed E-state index contributed by atoms with van der Waals surface area (Å²) in [4.78, 5) is 10.5. The number of carbonyl (C=O) groups is 1. The molecular weight excluding hydrogens is 192 g/mol. The molecule has 1 aromatic carbocycles. The van der Waals surface area contributed by atoms with E-state index in [0.29, 0.717) is 0 Å². The minimum Gasteiger partial charge on any atom is -0.481 e. The van der Waals surface area contributed by atoms with E-state index in [0.717, 1.165) is 5.56 Å². The summed E-state index contributed by atoms with van der Waals surface area (Å²) < 4.78 is 0. The van der Waals surface area contributed by atoms with Gasteiger partial charge in [-0.2, -0.15) is 0 Å². The second kappa shape index (κ2) is 4.45. The molecule has 0 saturated carbocycles. The Balaban J connectivity index is 2.87. The van der Waals surface area contributed by atoms with E-state index in [1.165, 1.54) is 0 Å². The molecule has 0 spiro atoms. The predicted molar refractivity (Wildman–Crippen MR) is 57.7 cm³/mol. The van der Waals surface area contributed by atoms with Gasteiger partial charge in [0.1, 0.15) is 0 Å². The summed E-state index contributed by atoms with van der Waals surface area (Å²) >= 11 is 0. The van der Waals surface area contributed by atoms with Crippen LogP contribution in [0.4, 0.5) is 0 Å². The normalized spacial score (nSPS) is 13.5. The van der Waals surface area contributed by atoms with Gasteiger partial charge in [0.05, 0.1) is 12.5 Å². The van der Waals surface area contributed by atoms with Crippen LogP contribution >= 0.6 is 0 Å². The molecule has 0 amide bonds. The summed E-state index contributed by atoms with van der Waals surface area (Å²) in [6.45, 7) is 3.69. The van der Waals surface area contributed by atoms with Crippen LogP contribution in [0.5, 0.6) is 0 Å². The summed E-state index contributed by atoms with van der Waals surface area (Å²) in [5.74, 6) is -0.980. The van der Waals surface area contributed by atoms with Gasteiger partial charge < -0.3 is 10.2 Å². The molecule has 3 nitrogen and oxygen atoms in total. The monoisotopic (exact) mass is 208 g/mol. The van der Waals surface area contributed by atoms with E-state index in [-0.39, 0.29) is 6.42 Å². The van der Waals surface area contributed by atoms with Gasteiger partial charge in [0.15, 0.2) is 0 Å². The molecule has 1 aromatic rings. The van der Waals surface area contributed by atoms with Crippen LogP contribution in [-0.2, 0) is 10.2 Å². The number of rotatable bonds is 4. The van der Waals surface area contributed by atoms with Crippen molar-refractivity contribution >= 4 is 5.97 Å². The second-order valence-corrected chi connectivity index (χ2v) is 4.20. The number of hydrogen-bond acceptors (Lipinski definition) is 2. The second-order valence-electron chi connectivity index (χ2n) is 4.20. The molecule has 82 valence electrons. The van der Waals surface area contributed by atoms with Gasteiger partial charge >= 0.3 is 5.97 Å². The largest absolute Gasteiger partial charge is 0.481 e. The fourth-order valence-electron chi connectivity index (χ4n) is 1.48. The van der Waals surface area contributed by atoms with Crippen LogP contribution in [0.15, 0.2) is 30.3 Å². The average molecular weight is 208 g/mol. The quantitative estimate of drug-likeness (QED) is 0.793. The lowest BCUT2D eigenvalue weighted by Gasteiger charge is -2.30. The molecule has 0 unspecified atom stereocenters. The number of carboxylic acids is 1. The molecule has 15 heavy (non-hydrogen) atoms. The Labute approximate surface area is 89.4 Å². The van der Waals surface area contributed by atoms with Crippen LogP contribution in [0.25, 0.3) is 0 Å². The first-order valence-electron chi connectivity index (χ1n) is 4.90. The smallest absolute Gasteiger partial charge is 0.306 e. The lowest BCUT2D eigenvalue weighted by atomic mass is 9.78. The van der Waals surface area contributed by atoms with Crippen molar-refractivity contribution in [2.24, 2.45) is 0 Å². The van der Waals surface area contributed by atoms with Gasteiger partial charge in [0.25, 0.3) is 0 Å². The van der Waals surface area contributed by atoms with Crippen molar-refractivity contribution in [1.29, 1.82) is 0 Å². The first-order valence-corrected chi connectivity index (χ1v) is 4.90. The molecular formula is C12H16O3. The van der Waals surface area contributed by atoms with Crippen molar-refractivity contribution in [3.05, 3.63) is 35.9 Å². The zero-order chi connectivity index (χ0) is 11.5. The van der Waals surface area contributed by atoms with E-state index in [4.69, 9.17) is 5.11 Å². The van der Waals surface area contributed by atoms with Crippen LogP contribution in [-0.4, -0.2) is 22.3 Å². The predicted octanol–water partition coefficient (Wildman–Crippen LogP) is 1.80. The maximum absolute atomic E-state index is 10.5. The Morgan fingerprint density at radius 1 is 1.33 bits per heavy atom. The van der Waals surface area contributed by atoms with Gasteiger partial charge in [0, 0.05) is 5.41 Å². The zero-order valence-corrected chi connectivity index (χ0v) is 8.97. The SMILES string of the molecule is CC(C)(c1ccccc1)[C@@H](O)CC(=O)O. The van der Waals surface area contributed by atoms with Crippen molar-refractivity contribution in [2.45, 2.75) is 31.8 Å². The molecule has 1 atom stereocenters. The third-order valence-corrected chi connectivity index (χ3v) is 2.72. The van der Waals surface area contributed by atoms with Crippen LogP contribution in [0.2, 0.25) is 0 Å². The van der Waals surface area contributed by atoms with E-state index < -0.39 is 17.5 Å². The zero-order valence-electron chi connectivity index (χ0n) is 8.97. The molecule has 0 fully saturated rings. The molecule has 0 saturated heterocycles. The van der Waals surface area contributed by atoms with Gasteiger partial charge in [-0.15, -0.1) is 0 Å². The van der Waals surface area contributed by atoms with Crippen LogP contribution in [0, 0.1) is 0 Å². The maximum Gasteiger partial charge on any atom is 0.306 e. The Kier molecular flexibility index (Phi) is 3.48. The minimum absolute atomic E-state index is 0.234. The van der Waals surface area contributed by atoms with Gasteiger partial charge in [-0.05, 0) is 5.56 Å². The number of carboxylic acid groups (broad SMARTS) is 1. The summed E-state index contributed by atoms with van der Waals surface area (Å²) in [6, 6.07) is 9.44. The summed E-state index contributed by atoms with van der Waals surface area (Å²) in [5, 5.41) is 18.5. The molecule has 0 aliphatic carbocycles. The maximum atomic E-state index is 10.5. The van der Waals surface area contributed by atoms with Crippen molar-refractivity contribution < 1.29 is 15.0 Å². The van der Waals surface area contributed by atoms with E-state index in [2.05, 4.69) is 0 Å². The summed E-state index contributed by atoms with van der Waals surface area (Å²) in [6.07, 6.45) is -1.11. The first-order chi connectivity index (χ1) is 6.94. The molecule has 0 aliphatic rings. The Morgan fingerprint density at radius 3 is 2.33 bits per heavy atom. The molecule has 0 bridgehead atoms. The highest BCUT2D eigenvalue weighted by Crippen LogP contribution is 2.28. The molecule has 0 heterocycles. The Hall–Kier alpha value is -1.35. The number of hydrogen-bond donors (Lipinski definition) is 2. The lowest BCUT2D eigenvalue weighted by Crippen LogP contribution is -2.35. The standard InChI is InChI=1S/C12H16O3/c1-12(2,10(13)8-11(14)15)9-6-4-3-5-7-9/h3-7,10,13H,8H2,1-2H3,(H,14,15)/t10-/m0/s1. The molecule has 0 aromatic heterocycles. The van der Waals surface area contributed by atoms with E-state index >= 15 is 0 Å². The van der Waals surface area contributed by atoms with Crippen LogP contribution in [0.1, 0.15) is 25.8 Å². The van der Waals surface area contributed by atoms with E-state index in [9.17, 15) is 9.90 Å². The number of aliphatic hydroxyl groups excluding tert-OH is 1. The van der Waals surface area contributed by atoms with Crippen molar-refractivity contribution in [3.63, 3.8) is 0 Å². The number of aliphatic hydroxyl groups is 1. The average Bonchev–Trinajstić information content (AvgIpc) is 2.18. The molecule has 1 rings (SSSR count). The van der Waals surface area contributed by atoms with Gasteiger partial charge in [0.2, 0.25) is 0 Å². The summed E-state index contributed by atoms with van der Waals surface area (Å²) in [7, 11) is 0. The first kappa shape index (κ1) is 11.7. The number of aliphatic carboxylic acids is 1.